The van der Waals surface area contributed by atoms with E-state index < -0.39 is 0 Å². The number of halogens is 1. The van der Waals surface area contributed by atoms with E-state index in [2.05, 4.69) is 15.1 Å². The fourth-order valence-corrected chi connectivity index (χ4v) is 3.26. The minimum Gasteiger partial charge on any atom is -0.390 e. The predicted octanol–water partition coefficient (Wildman–Crippen LogP) is 0.671. The lowest BCUT2D eigenvalue weighted by Crippen LogP contribution is -2.58. The molecule has 0 aromatic heterocycles. The number of nitrogens with one attached hydrogen (secondary N) is 1. The standard InChI is InChI=1S/C15H22FN3O/c16-12-3-1-2-4-13(12)18-7-9-19(10-8-18)14-5-6-17-11-15(14)20/h1-4,14-15,17,20H,5-11H2/t14-,15-/m1/s1. The van der Waals surface area contributed by atoms with Crippen LogP contribution < -0.4 is 10.2 Å². The molecule has 2 fully saturated rings. The summed E-state index contributed by atoms with van der Waals surface area (Å²) in [6.07, 6.45) is 0.699. The molecule has 2 aliphatic heterocycles. The van der Waals surface area contributed by atoms with Crippen LogP contribution in [0.1, 0.15) is 6.42 Å². The molecule has 20 heavy (non-hydrogen) atoms. The van der Waals surface area contributed by atoms with Gasteiger partial charge < -0.3 is 15.3 Å². The first-order valence-electron chi connectivity index (χ1n) is 7.38. The maximum atomic E-state index is 13.8. The van der Waals surface area contributed by atoms with Gasteiger partial charge in [0, 0.05) is 38.8 Å². The van der Waals surface area contributed by atoms with Crippen molar-refractivity contribution in [3.8, 4) is 0 Å². The van der Waals surface area contributed by atoms with Crippen LogP contribution >= 0.6 is 0 Å². The van der Waals surface area contributed by atoms with Crippen LogP contribution in [0.5, 0.6) is 0 Å². The number of benzene rings is 1. The van der Waals surface area contributed by atoms with Gasteiger partial charge in [0.2, 0.25) is 0 Å². The van der Waals surface area contributed by atoms with E-state index in [-0.39, 0.29) is 18.0 Å². The van der Waals surface area contributed by atoms with E-state index in [1.165, 1.54) is 6.07 Å². The molecule has 2 N–H and O–H groups in total. The Kier molecular flexibility index (Phi) is 4.19. The highest BCUT2D eigenvalue weighted by molar-refractivity contribution is 5.48. The smallest absolute Gasteiger partial charge is 0.146 e. The van der Waals surface area contributed by atoms with Crippen LogP contribution in [-0.2, 0) is 0 Å². The van der Waals surface area contributed by atoms with Crippen LogP contribution in [0.25, 0.3) is 0 Å². The molecular weight excluding hydrogens is 257 g/mol. The van der Waals surface area contributed by atoms with Gasteiger partial charge in [0.25, 0.3) is 0 Å². The zero-order chi connectivity index (χ0) is 13.9. The summed E-state index contributed by atoms with van der Waals surface area (Å²) in [6, 6.07) is 7.20. The Bertz CT molecular complexity index is 448. The monoisotopic (exact) mass is 279 g/mol. The number of piperidine rings is 1. The highest BCUT2D eigenvalue weighted by atomic mass is 19.1. The first kappa shape index (κ1) is 13.8. The summed E-state index contributed by atoms with van der Waals surface area (Å²) < 4.78 is 13.8. The zero-order valence-corrected chi connectivity index (χ0v) is 11.6. The molecule has 0 spiro atoms. The number of para-hydroxylation sites is 1. The topological polar surface area (TPSA) is 38.7 Å². The summed E-state index contributed by atoms with van der Waals surface area (Å²) in [5, 5.41) is 13.3. The third-order valence-corrected chi connectivity index (χ3v) is 4.39. The van der Waals surface area contributed by atoms with Crippen molar-refractivity contribution >= 4 is 5.69 Å². The summed E-state index contributed by atoms with van der Waals surface area (Å²) in [4.78, 5) is 4.45. The maximum Gasteiger partial charge on any atom is 0.146 e. The first-order chi connectivity index (χ1) is 9.75. The third-order valence-electron chi connectivity index (χ3n) is 4.39. The minimum atomic E-state index is -0.288. The van der Waals surface area contributed by atoms with Crippen molar-refractivity contribution in [2.45, 2.75) is 18.6 Å². The molecular formula is C15H22FN3O. The molecule has 5 heteroatoms. The minimum absolute atomic E-state index is 0.150. The highest BCUT2D eigenvalue weighted by Gasteiger charge is 2.31. The summed E-state index contributed by atoms with van der Waals surface area (Å²) in [5.74, 6) is -0.150. The van der Waals surface area contributed by atoms with Crippen molar-refractivity contribution in [2.75, 3.05) is 44.2 Å². The Hall–Kier alpha value is -1.17. The van der Waals surface area contributed by atoms with Crippen LogP contribution in [-0.4, -0.2) is 61.4 Å². The van der Waals surface area contributed by atoms with E-state index in [0.717, 1.165) is 39.1 Å². The quantitative estimate of drug-likeness (QED) is 0.835. The molecule has 0 unspecified atom stereocenters. The zero-order valence-electron chi connectivity index (χ0n) is 11.6. The number of nitrogens with zero attached hydrogens (tertiary/aromatic N) is 2. The van der Waals surface area contributed by atoms with Gasteiger partial charge in [-0.2, -0.15) is 0 Å². The number of hydrogen-bond donors (Lipinski definition) is 2. The number of piperazine rings is 1. The molecule has 1 aromatic carbocycles. The highest BCUT2D eigenvalue weighted by Crippen LogP contribution is 2.22. The molecule has 2 heterocycles. The van der Waals surface area contributed by atoms with Crippen molar-refractivity contribution in [3.63, 3.8) is 0 Å². The third kappa shape index (κ3) is 2.80. The summed E-state index contributed by atoms with van der Waals surface area (Å²) in [5.41, 5.74) is 0.693. The fraction of sp³-hybridized carbons (Fsp3) is 0.600. The Balaban J connectivity index is 1.61. The van der Waals surface area contributed by atoms with Gasteiger partial charge in [0.15, 0.2) is 0 Å². The van der Waals surface area contributed by atoms with E-state index >= 15 is 0 Å². The first-order valence-corrected chi connectivity index (χ1v) is 7.38. The molecule has 0 bridgehead atoms. The summed E-state index contributed by atoms with van der Waals surface area (Å²) in [6.45, 7) is 5.05. The van der Waals surface area contributed by atoms with Gasteiger partial charge in [-0.15, -0.1) is 0 Å². The lowest BCUT2D eigenvalue weighted by molar-refractivity contribution is 0.0262. The molecule has 0 amide bonds. The van der Waals surface area contributed by atoms with E-state index in [0.29, 0.717) is 12.2 Å². The van der Waals surface area contributed by atoms with Crippen molar-refractivity contribution < 1.29 is 9.50 Å². The lowest BCUT2D eigenvalue weighted by atomic mass is 10.0. The lowest BCUT2D eigenvalue weighted by Gasteiger charge is -2.43. The number of hydrogen-bond acceptors (Lipinski definition) is 4. The number of aliphatic hydroxyl groups excluding tert-OH is 1. The van der Waals surface area contributed by atoms with Gasteiger partial charge in [-0.05, 0) is 25.1 Å². The van der Waals surface area contributed by atoms with Crippen molar-refractivity contribution in [3.05, 3.63) is 30.1 Å². The Morgan fingerprint density at radius 1 is 1.15 bits per heavy atom. The van der Waals surface area contributed by atoms with Crippen LogP contribution in [0.15, 0.2) is 24.3 Å². The molecule has 110 valence electrons. The van der Waals surface area contributed by atoms with E-state index in [4.69, 9.17) is 0 Å². The van der Waals surface area contributed by atoms with E-state index in [9.17, 15) is 9.50 Å². The van der Waals surface area contributed by atoms with Crippen LogP contribution in [0.2, 0.25) is 0 Å². The largest absolute Gasteiger partial charge is 0.390 e. The Labute approximate surface area is 119 Å². The molecule has 4 nitrogen and oxygen atoms in total. The normalized spacial score (nSPS) is 28.6. The predicted molar refractivity (Wildman–Crippen MR) is 77.5 cm³/mol. The molecule has 3 rings (SSSR count). The second kappa shape index (κ2) is 6.08. The fourth-order valence-electron chi connectivity index (χ4n) is 3.26. The number of β-amino-alcohol motifs (C(OH)–C–C–N with tert-alkyl or cyclic N) is 1. The summed E-state index contributed by atoms with van der Waals surface area (Å²) >= 11 is 0. The van der Waals surface area contributed by atoms with Gasteiger partial charge in [0.05, 0.1) is 11.8 Å². The second-order valence-electron chi connectivity index (χ2n) is 5.60. The molecule has 2 aliphatic rings. The van der Waals surface area contributed by atoms with Gasteiger partial charge >= 0.3 is 0 Å². The van der Waals surface area contributed by atoms with E-state index in [1.807, 2.05) is 12.1 Å². The molecule has 0 radical (unpaired) electrons. The van der Waals surface area contributed by atoms with Crippen LogP contribution in [0, 0.1) is 5.82 Å². The van der Waals surface area contributed by atoms with Gasteiger partial charge in [-0.1, -0.05) is 12.1 Å². The molecule has 2 saturated heterocycles. The molecule has 2 atom stereocenters. The molecule has 1 aromatic rings. The van der Waals surface area contributed by atoms with Gasteiger partial charge in [-0.25, -0.2) is 4.39 Å². The molecule has 0 saturated carbocycles. The van der Waals surface area contributed by atoms with Crippen LogP contribution in [0.4, 0.5) is 10.1 Å². The average Bonchev–Trinajstić information content (AvgIpc) is 2.49. The Morgan fingerprint density at radius 3 is 2.60 bits per heavy atom. The van der Waals surface area contributed by atoms with Crippen molar-refractivity contribution in [2.24, 2.45) is 0 Å². The number of anilines is 1. The van der Waals surface area contributed by atoms with Crippen LogP contribution in [0.3, 0.4) is 0 Å². The van der Waals surface area contributed by atoms with Crippen molar-refractivity contribution in [1.82, 2.24) is 10.2 Å². The van der Waals surface area contributed by atoms with Gasteiger partial charge in [-0.3, -0.25) is 4.90 Å². The number of aliphatic hydroxyl groups is 1. The van der Waals surface area contributed by atoms with E-state index in [1.54, 1.807) is 6.07 Å². The average molecular weight is 279 g/mol. The maximum absolute atomic E-state index is 13.8. The summed E-state index contributed by atoms with van der Waals surface area (Å²) in [7, 11) is 0. The van der Waals surface area contributed by atoms with Crippen molar-refractivity contribution in [1.29, 1.82) is 0 Å². The number of rotatable bonds is 2. The van der Waals surface area contributed by atoms with Gasteiger partial charge in [0.1, 0.15) is 5.82 Å². The second-order valence-corrected chi connectivity index (χ2v) is 5.60. The molecule has 0 aliphatic carbocycles. The SMILES string of the molecule is O[C@@H]1CNCC[C@H]1N1CCN(c2ccccc2F)CC1. The Morgan fingerprint density at radius 2 is 1.90 bits per heavy atom.